The zero-order chi connectivity index (χ0) is 15.4. The Morgan fingerprint density at radius 2 is 2.05 bits per heavy atom. The Bertz CT molecular complexity index is 718. The van der Waals surface area contributed by atoms with E-state index in [0.717, 1.165) is 17.7 Å². The molecule has 2 aromatic heterocycles. The van der Waals surface area contributed by atoms with E-state index in [2.05, 4.69) is 15.2 Å². The minimum atomic E-state index is -0.844. The normalized spacial score (nSPS) is 12.2. The number of rotatable bonds is 6. The summed E-state index contributed by atoms with van der Waals surface area (Å²) in [7, 11) is 0. The van der Waals surface area contributed by atoms with E-state index in [1.807, 2.05) is 35.0 Å². The molecule has 0 bridgehead atoms. The molecule has 0 saturated heterocycles. The Labute approximate surface area is 127 Å². The highest BCUT2D eigenvalue weighted by molar-refractivity contribution is 5.76. The number of hydrogen-bond donors (Lipinski definition) is 2. The van der Waals surface area contributed by atoms with E-state index in [9.17, 15) is 9.90 Å². The second-order valence-electron chi connectivity index (χ2n) is 5.18. The van der Waals surface area contributed by atoms with E-state index in [4.69, 9.17) is 0 Å². The molecule has 1 aromatic carbocycles. The van der Waals surface area contributed by atoms with Crippen LogP contribution >= 0.6 is 0 Å². The number of nitrogens with zero attached hydrogens (tertiary/aromatic N) is 3. The molecule has 0 saturated carbocycles. The molecule has 3 aromatic rings. The van der Waals surface area contributed by atoms with Crippen LogP contribution in [0.1, 0.15) is 22.6 Å². The average molecular weight is 296 g/mol. The van der Waals surface area contributed by atoms with Crippen LogP contribution < -0.4 is 0 Å². The lowest BCUT2D eigenvalue weighted by atomic mass is 9.94. The van der Waals surface area contributed by atoms with Gasteiger partial charge in [-0.3, -0.25) is 9.89 Å². The molecule has 0 amide bonds. The zero-order valence-electron chi connectivity index (χ0n) is 11.9. The molecule has 0 aliphatic rings. The van der Waals surface area contributed by atoms with Crippen LogP contribution in [0.5, 0.6) is 0 Å². The predicted molar refractivity (Wildman–Crippen MR) is 80.4 cm³/mol. The smallest absolute Gasteiger partial charge is 0.311 e. The quantitative estimate of drug-likeness (QED) is 0.729. The van der Waals surface area contributed by atoms with Crippen LogP contribution in [0.3, 0.4) is 0 Å². The van der Waals surface area contributed by atoms with Gasteiger partial charge in [-0.05, 0) is 17.5 Å². The van der Waals surface area contributed by atoms with Crippen LogP contribution in [-0.4, -0.2) is 30.8 Å². The lowest BCUT2D eigenvalue weighted by molar-refractivity contribution is -0.138. The van der Waals surface area contributed by atoms with Gasteiger partial charge in [0.1, 0.15) is 0 Å². The van der Waals surface area contributed by atoms with E-state index in [1.54, 1.807) is 24.9 Å². The first-order valence-electron chi connectivity index (χ1n) is 6.97. The molecule has 3 rings (SSSR count). The van der Waals surface area contributed by atoms with Gasteiger partial charge in [-0.2, -0.15) is 5.10 Å². The Balaban J connectivity index is 1.71. The number of aromatic nitrogens is 4. The molecule has 0 spiro atoms. The molecular weight excluding hydrogens is 280 g/mol. The fraction of sp³-hybridized carbons (Fsp3) is 0.188. The minimum absolute atomic E-state index is 0.445. The summed E-state index contributed by atoms with van der Waals surface area (Å²) in [5.74, 6) is -1.43. The molecule has 6 heteroatoms. The number of hydrogen-bond acceptors (Lipinski definition) is 3. The topological polar surface area (TPSA) is 83.8 Å². The maximum Gasteiger partial charge on any atom is 0.311 e. The minimum Gasteiger partial charge on any atom is -0.481 e. The second kappa shape index (κ2) is 6.26. The van der Waals surface area contributed by atoms with E-state index in [-0.39, 0.29) is 0 Å². The van der Waals surface area contributed by atoms with Gasteiger partial charge in [-0.25, -0.2) is 4.98 Å². The number of H-pyrrole nitrogens is 1. The number of aliphatic carboxylic acids is 1. The molecule has 1 unspecified atom stereocenters. The highest BCUT2D eigenvalue weighted by atomic mass is 16.4. The molecule has 22 heavy (non-hydrogen) atoms. The average Bonchev–Trinajstić information content (AvgIpc) is 3.19. The van der Waals surface area contributed by atoms with Crippen LogP contribution in [0.25, 0.3) is 0 Å². The molecule has 6 nitrogen and oxygen atoms in total. The molecule has 0 aliphatic carbocycles. The van der Waals surface area contributed by atoms with Gasteiger partial charge in [-0.1, -0.05) is 24.3 Å². The van der Waals surface area contributed by atoms with Gasteiger partial charge in [-0.15, -0.1) is 0 Å². The van der Waals surface area contributed by atoms with Gasteiger partial charge in [0.15, 0.2) is 0 Å². The van der Waals surface area contributed by atoms with E-state index in [1.165, 1.54) is 0 Å². The Kier molecular flexibility index (Phi) is 4.00. The lowest BCUT2D eigenvalue weighted by Gasteiger charge is -2.11. The van der Waals surface area contributed by atoms with E-state index < -0.39 is 11.9 Å². The van der Waals surface area contributed by atoms with E-state index in [0.29, 0.717) is 12.0 Å². The second-order valence-corrected chi connectivity index (χ2v) is 5.18. The van der Waals surface area contributed by atoms with Crippen LogP contribution in [0.15, 0.2) is 55.4 Å². The van der Waals surface area contributed by atoms with E-state index >= 15 is 0 Å². The summed E-state index contributed by atoms with van der Waals surface area (Å²) in [6.45, 7) is 0.754. The Morgan fingerprint density at radius 3 is 2.64 bits per heavy atom. The number of nitrogens with one attached hydrogen (secondary N) is 1. The molecule has 1 atom stereocenters. The predicted octanol–water partition coefficient (Wildman–Crippen LogP) is 2.07. The molecule has 0 fully saturated rings. The van der Waals surface area contributed by atoms with Crippen LogP contribution in [0.2, 0.25) is 0 Å². The third-order valence-electron chi connectivity index (χ3n) is 3.61. The van der Waals surface area contributed by atoms with Crippen LogP contribution in [-0.2, 0) is 17.8 Å². The van der Waals surface area contributed by atoms with Gasteiger partial charge in [0.2, 0.25) is 0 Å². The summed E-state index contributed by atoms with van der Waals surface area (Å²) in [6.07, 6.45) is 9.07. The first-order chi connectivity index (χ1) is 10.7. The summed E-state index contributed by atoms with van der Waals surface area (Å²) >= 11 is 0. The van der Waals surface area contributed by atoms with Crippen molar-refractivity contribution in [3.8, 4) is 0 Å². The molecule has 0 aliphatic heterocycles. The van der Waals surface area contributed by atoms with Crippen molar-refractivity contribution in [2.75, 3.05) is 0 Å². The van der Waals surface area contributed by atoms with Gasteiger partial charge in [0, 0.05) is 30.7 Å². The third kappa shape index (κ3) is 3.22. The Hall–Kier alpha value is -2.89. The highest BCUT2D eigenvalue weighted by Crippen LogP contribution is 2.20. The Morgan fingerprint density at radius 1 is 1.27 bits per heavy atom. The van der Waals surface area contributed by atoms with Crippen molar-refractivity contribution in [3.05, 3.63) is 72.1 Å². The van der Waals surface area contributed by atoms with Gasteiger partial charge in [0.05, 0.1) is 18.4 Å². The number of imidazole rings is 1. The molecule has 112 valence electrons. The summed E-state index contributed by atoms with van der Waals surface area (Å²) in [5.41, 5.74) is 2.83. The largest absolute Gasteiger partial charge is 0.481 e. The number of aromatic amines is 1. The molecule has 2 heterocycles. The monoisotopic (exact) mass is 296 g/mol. The standard InChI is InChI=1S/C16H16N4O2/c21-16(22)15(14-8-18-19-9-14)7-12-1-3-13(4-2-12)10-20-6-5-17-11-20/h1-6,8-9,11,15H,7,10H2,(H,18,19)(H,21,22). The molecule has 0 radical (unpaired) electrons. The fourth-order valence-corrected chi connectivity index (χ4v) is 2.41. The number of carboxylic acid groups (broad SMARTS) is 1. The summed E-state index contributed by atoms with van der Waals surface area (Å²) in [5, 5.41) is 15.9. The first-order valence-corrected chi connectivity index (χ1v) is 6.97. The number of carboxylic acids is 1. The number of carbonyl (C=O) groups is 1. The van der Waals surface area contributed by atoms with Crippen molar-refractivity contribution in [1.29, 1.82) is 0 Å². The highest BCUT2D eigenvalue weighted by Gasteiger charge is 2.21. The molecule has 2 N–H and O–H groups in total. The number of benzene rings is 1. The summed E-state index contributed by atoms with van der Waals surface area (Å²) < 4.78 is 1.99. The first kappa shape index (κ1) is 14.1. The maximum absolute atomic E-state index is 11.4. The van der Waals surface area contributed by atoms with Crippen molar-refractivity contribution >= 4 is 5.97 Å². The third-order valence-corrected chi connectivity index (χ3v) is 3.61. The van der Waals surface area contributed by atoms with Crippen LogP contribution in [0, 0.1) is 0 Å². The maximum atomic E-state index is 11.4. The fourth-order valence-electron chi connectivity index (χ4n) is 2.41. The van der Waals surface area contributed by atoms with Crippen molar-refractivity contribution in [2.24, 2.45) is 0 Å². The summed E-state index contributed by atoms with van der Waals surface area (Å²) in [4.78, 5) is 15.4. The lowest BCUT2D eigenvalue weighted by Crippen LogP contribution is -2.13. The van der Waals surface area contributed by atoms with Gasteiger partial charge < -0.3 is 9.67 Å². The van der Waals surface area contributed by atoms with Crippen molar-refractivity contribution in [1.82, 2.24) is 19.7 Å². The van der Waals surface area contributed by atoms with Gasteiger partial charge >= 0.3 is 5.97 Å². The van der Waals surface area contributed by atoms with Crippen LogP contribution in [0.4, 0.5) is 0 Å². The molecular formula is C16H16N4O2. The van der Waals surface area contributed by atoms with Crippen molar-refractivity contribution in [3.63, 3.8) is 0 Å². The van der Waals surface area contributed by atoms with Gasteiger partial charge in [0.25, 0.3) is 0 Å². The van der Waals surface area contributed by atoms with Crippen molar-refractivity contribution < 1.29 is 9.90 Å². The summed E-state index contributed by atoms with van der Waals surface area (Å²) in [6, 6.07) is 7.98. The zero-order valence-corrected chi connectivity index (χ0v) is 11.9. The SMILES string of the molecule is O=C(O)C(Cc1ccc(Cn2ccnc2)cc1)c1cn[nH]c1. The van der Waals surface area contributed by atoms with Crippen molar-refractivity contribution in [2.45, 2.75) is 18.9 Å².